The SMILES string of the molecule is Cc1ccc(F)c2c(=O)[nH]c(-c3ccc(C(=O)N4CCN(C)CC4)nc3)cc12. The largest absolute Gasteiger partial charge is 0.335 e. The summed E-state index contributed by atoms with van der Waals surface area (Å²) in [5.41, 5.74) is 1.92. The van der Waals surface area contributed by atoms with Gasteiger partial charge in [-0.1, -0.05) is 6.07 Å². The summed E-state index contributed by atoms with van der Waals surface area (Å²) in [7, 11) is 2.03. The Bertz CT molecular complexity index is 1100. The van der Waals surface area contributed by atoms with Crippen molar-refractivity contribution >= 4 is 16.7 Å². The zero-order valence-corrected chi connectivity index (χ0v) is 15.8. The molecule has 144 valence electrons. The third kappa shape index (κ3) is 3.29. The highest BCUT2D eigenvalue weighted by molar-refractivity contribution is 5.93. The number of likely N-dealkylation sites (N-methyl/N-ethyl adjacent to an activating group) is 1. The molecule has 0 aliphatic carbocycles. The van der Waals surface area contributed by atoms with Crippen molar-refractivity contribution in [3.63, 3.8) is 0 Å². The van der Waals surface area contributed by atoms with E-state index < -0.39 is 11.4 Å². The van der Waals surface area contributed by atoms with Crippen LogP contribution in [0.4, 0.5) is 4.39 Å². The van der Waals surface area contributed by atoms with Crippen LogP contribution >= 0.6 is 0 Å². The molecule has 3 aromatic rings. The monoisotopic (exact) mass is 380 g/mol. The van der Waals surface area contributed by atoms with Crippen LogP contribution in [0.5, 0.6) is 0 Å². The lowest BCUT2D eigenvalue weighted by atomic mass is 10.0. The first-order chi connectivity index (χ1) is 13.4. The fraction of sp³-hybridized carbons (Fsp3) is 0.286. The normalized spacial score (nSPS) is 15.2. The summed E-state index contributed by atoms with van der Waals surface area (Å²) in [6.45, 7) is 4.89. The van der Waals surface area contributed by atoms with E-state index in [1.807, 2.05) is 14.0 Å². The lowest BCUT2D eigenvalue weighted by molar-refractivity contribution is 0.0658. The van der Waals surface area contributed by atoms with Gasteiger partial charge in [-0.3, -0.25) is 14.6 Å². The molecule has 0 saturated carbocycles. The van der Waals surface area contributed by atoms with E-state index in [1.165, 1.54) is 6.07 Å². The smallest absolute Gasteiger partial charge is 0.272 e. The van der Waals surface area contributed by atoms with Crippen LogP contribution in [0.15, 0.2) is 41.3 Å². The number of halogens is 1. The van der Waals surface area contributed by atoms with Gasteiger partial charge in [0.1, 0.15) is 11.5 Å². The van der Waals surface area contributed by atoms with E-state index in [-0.39, 0.29) is 11.3 Å². The van der Waals surface area contributed by atoms with Gasteiger partial charge in [0.25, 0.3) is 11.5 Å². The summed E-state index contributed by atoms with van der Waals surface area (Å²) in [6, 6.07) is 8.11. The van der Waals surface area contributed by atoms with Crippen molar-refractivity contribution in [2.24, 2.45) is 0 Å². The number of nitrogens with zero attached hydrogens (tertiary/aromatic N) is 3. The third-order valence-electron chi connectivity index (χ3n) is 5.26. The fourth-order valence-corrected chi connectivity index (χ4v) is 3.49. The Hall–Kier alpha value is -3.06. The molecular weight excluding hydrogens is 359 g/mol. The van der Waals surface area contributed by atoms with Gasteiger partial charge in [0.05, 0.1) is 11.1 Å². The minimum atomic E-state index is -0.542. The molecule has 0 atom stereocenters. The Kier molecular flexibility index (Phi) is 4.68. The van der Waals surface area contributed by atoms with Crippen molar-refractivity contribution in [2.75, 3.05) is 33.2 Å². The first kappa shape index (κ1) is 18.3. The molecule has 4 rings (SSSR count). The fourth-order valence-electron chi connectivity index (χ4n) is 3.49. The van der Waals surface area contributed by atoms with E-state index in [0.717, 1.165) is 18.7 Å². The minimum Gasteiger partial charge on any atom is -0.335 e. The number of carbonyl (C=O) groups excluding carboxylic acids is 1. The van der Waals surface area contributed by atoms with Crippen LogP contribution in [0.2, 0.25) is 0 Å². The lowest BCUT2D eigenvalue weighted by Crippen LogP contribution is -2.47. The van der Waals surface area contributed by atoms with Gasteiger partial charge in [-0.25, -0.2) is 4.39 Å². The second-order valence-electron chi connectivity index (χ2n) is 7.19. The predicted molar refractivity (Wildman–Crippen MR) is 106 cm³/mol. The number of aryl methyl sites for hydroxylation is 1. The number of pyridine rings is 2. The van der Waals surface area contributed by atoms with Crippen molar-refractivity contribution in [1.82, 2.24) is 19.8 Å². The standard InChI is InChI=1S/C21H21FN4O2/c1-13-3-5-16(22)19-15(13)11-18(24-20(19)27)14-4-6-17(23-12-14)21(28)26-9-7-25(2)8-10-26/h3-6,11-12H,7-10H2,1-2H3,(H,24,27). The van der Waals surface area contributed by atoms with Gasteiger partial charge >= 0.3 is 0 Å². The maximum atomic E-state index is 14.0. The topological polar surface area (TPSA) is 69.3 Å². The quantitative estimate of drug-likeness (QED) is 0.741. The number of aromatic amines is 1. The second kappa shape index (κ2) is 7.16. The number of amides is 1. The Morgan fingerprint density at radius 3 is 2.57 bits per heavy atom. The van der Waals surface area contributed by atoms with Gasteiger partial charge in [0, 0.05) is 37.9 Å². The summed E-state index contributed by atoms with van der Waals surface area (Å²) >= 11 is 0. The molecular formula is C21H21FN4O2. The van der Waals surface area contributed by atoms with E-state index in [2.05, 4.69) is 14.9 Å². The van der Waals surface area contributed by atoms with E-state index in [9.17, 15) is 14.0 Å². The lowest BCUT2D eigenvalue weighted by Gasteiger charge is -2.32. The number of hydrogen-bond acceptors (Lipinski definition) is 4. The van der Waals surface area contributed by atoms with Crippen LogP contribution in [0.25, 0.3) is 22.0 Å². The molecule has 1 amide bonds. The summed E-state index contributed by atoms with van der Waals surface area (Å²) in [5, 5.41) is 0.620. The molecule has 0 bridgehead atoms. The van der Waals surface area contributed by atoms with Crippen LogP contribution < -0.4 is 5.56 Å². The third-order valence-corrected chi connectivity index (χ3v) is 5.26. The van der Waals surface area contributed by atoms with Crippen LogP contribution in [0.3, 0.4) is 0 Å². The number of piperazine rings is 1. The maximum absolute atomic E-state index is 14.0. The number of carbonyl (C=O) groups is 1. The number of nitrogens with one attached hydrogen (secondary N) is 1. The summed E-state index contributed by atoms with van der Waals surface area (Å²) in [6.07, 6.45) is 1.56. The molecule has 2 aromatic heterocycles. The molecule has 6 nitrogen and oxygen atoms in total. The van der Waals surface area contributed by atoms with E-state index in [4.69, 9.17) is 0 Å². The van der Waals surface area contributed by atoms with Gasteiger partial charge in [-0.15, -0.1) is 0 Å². The number of fused-ring (bicyclic) bond motifs is 1. The molecule has 1 N–H and O–H groups in total. The minimum absolute atomic E-state index is 0.0542. The Labute approximate surface area is 161 Å². The Morgan fingerprint density at radius 1 is 1.14 bits per heavy atom. The maximum Gasteiger partial charge on any atom is 0.272 e. The summed E-state index contributed by atoms with van der Waals surface area (Å²) in [4.78, 5) is 36.0. The molecule has 7 heteroatoms. The average Bonchev–Trinajstić information content (AvgIpc) is 2.70. The van der Waals surface area contributed by atoms with Crippen molar-refractivity contribution in [3.8, 4) is 11.3 Å². The molecule has 0 spiro atoms. The highest BCUT2D eigenvalue weighted by Crippen LogP contribution is 2.23. The van der Waals surface area contributed by atoms with Crippen LogP contribution in [0.1, 0.15) is 16.1 Å². The van der Waals surface area contributed by atoms with E-state index in [0.29, 0.717) is 35.4 Å². The number of rotatable bonds is 2. The molecule has 1 aliphatic rings. The Balaban J connectivity index is 1.65. The highest BCUT2D eigenvalue weighted by Gasteiger charge is 2.21. The number of hydrogen-bond donors (Lipinski definition) is 1. The molecule has 1 fully saturated rings. The van der Waals surface area contributed by atoms with Crippen LogP contribution in [0, 0.1) is 12.7 Å². The van der Waals surface area contributed by atoms with Crippen molar-refractivity contribution in [1.29, 1.82) is 0 Å². The number of H-pyrrole nitrogens is 1. The van der Waals surface area contributed by atoms with Gasteiger partial charge in [-0.2, -0.15) is 0 Å². The predicted octanol–water partition coefficient (Wildman–Crippen LogP) is 2.43. The molecule has 0 unspecified atom stereocenters. The first-order valence-corrected chi connectivity index (χ1v) is 9.20. The van der Waals surface area contributed by atoms with Gasteiger partial charge in [0.2, 0.25) is 0 Å². The van der Waals surface area contributed by atoms with Crippen molar-refractivity contribution < 1.29 is 9.18 Å². The summed E-state index contributed by atoms with van der Waals surface area (Å²) < 4.78 is 14.0. The molecule has 1 aliphatic heterocycles. The first-order valence-electron chi connectivity index (χ1n) is 9.20. The summed E-state index contributed by atoms with van der Waals surface area (Å²) in [5.74, 6) is -0.635. The number of aromatic nitrogens is 2. The molecule has 3 heterocycles. The molecule has 28 heavy (non-hydrogen) atoms. The average molecular weight is 380 g/mol. The van der Waals surface area contributed by atoms with Crippen LogP contribution in [-0.2, 0) is 0 Å². The van der Waals surface area contributed by atoms with Gasteiger partial charge in [-0.05, 0) is 49.2 Å². The Morgan fingerprint density at radius 2 is 1.89 bits per heavy atom. The van der Waals surface area contributed by atoms with Crippen molar-refractivity contribution in [3.05, 3.63) is 64.0 Å². The van der Waals surface area contributed by atoms with Crippen molar-refractivity contribution in [2.45, 2.75) is 6.92 Å². The zero-order chi connectivity index (χ0) is 19.8. The highest BCUT2D eigenvalue weighted by atomic mass is 19.1. The van der Waals surface area contributed by atoms with Gasteiger partial charge < -0.3 is 14.8 Å². The zero-order valence-electron chi connectivity index (χ0n) is 15.8. The van der Waals surface area contributed by atoms with Gasteiger partial charge in [0.15, 0.2) is 0 Å². The number of benzene rings is 1. The molecule has 1 saturated heterocycles. The van der Waals surface area contributed by atoms with E-state index in [1.54, 1.807) is 35.4 Å². The molecule has 0 radical (unpaired) electrons. The van der Waals surface area contributed by atoms with Crippen LogP contribution in [-0.4, -0.2) is 58.9 Å². The molecule has 1 aromatic carbocycles. The second-order valence-corrected chi connectivity index (χ2v) is 7.19. The van der Waals surface area contributed by atoms with E-state index >= 15 is 0 Å².